The van der Waals surface area contributed by atoms with Crippen LogP contribution < -0.4 is 0 Å². The van der Waals surface area contributed by atoms with E-state index in [-0.39, 0.29) is 0 Å². The Morgan fingerprint density at radius 1 is 0.353 bits per heavy atom. The van der Waals surface area contributed by atoms with Crippen LogP contribution >= 0.6 is 0 Å². The van der Waals surface area contributed by atoms with Gasteiger partial charge in [0.2, 0.25) is 0 Å². The maximum atomic E-state index is 6.85. The minimum Gasteiger partial charge on any atom is -0.455 e. The Kier molecular flexibility index (Phi) is 6.81. The van der Waals surface area contributed by atoms with Gasteiger partial charge in [-0.2, -0.15) is 0 Å². The lowest BCUT2D eigenvalue weighted by Crippen LogP contribution is -1.96. The summed E-state index contributed by atoms with van der Waals surface area (Å²) >= 11 is 0. The quantitative estimate of drug-likeness (QED) is 0.186. The number of aromatic nitrogens is 2. The number of nitrogens with zero attached hydrogens (tertiary/aromatic N) is 2. The average molecular weight is 651 g/mol. The molecule has 238 valence electrons. The van der Waals surface area contributed by atoms with E-state index in [0.29, 0.717) is 5.82 Å². The van der Waals surface area contributed by atoms with E-state index in [1.807, 2.05) is 42.5 Å². The second-order valence-corrected chi connectivity index (χ2v) is 13.0. The highest BCUT2D eigenvalue weighted by molar-refractivity contribution is 6.16. The molecular weight excluding hydrogens is 621 g/mol. The van der Waals surface area contributed by atoms with Gasteiger partial charge in [-0.25, -0.2) is 9.97 Å². The predicted octanol–water partition coefficient (Wildman–Crippen LogP) is 13.0. The molecule has 0 spiro atoms. The summed E-state index contributed by atoms with van der Waals surface area (Å²) in [7, 11) is 0. The number of benzene rings is 8. The number of furan rings is 1. The third-order valence-electron chi connectivity index (χ3n) is 9.85. The topological polar surface area (TPSA) is 38.9 Å². The Bertz CT molecular complexity index is 2850. The molecule has 2 heterocycles. The molecule has 0 saturated carbocycles. The zero-order valence-electron chi connectivity index (χ0n) is 27.6. The first-order valence-corrected chi connectivity index (χ1v) is 17.2. The fourth-order valence-electron chi connectivity index (χ4n) is 7.30. The maximum Gasteiger partial charge on any atom is 0.161 e. The monoisotopic (exact) mass is 650 g/mol. The largest absolute Gasteiger partial charge is 0.455 e. The van der Waals surface area contributed by atoms with Gasteiger partial charge >= 0.3 is 0 Å². The second-order valence-electron chi connectivity index (χ2n) is 13.0. The maximum absolute atomic E-state index is 6.85. The summed E-state index contributed by atoms with van der Waals surface area (Å²) in [5, 5.41) is 6.86. The fourth-order valence-corrected chi connectivity index (χ4v) is 7.30. The summed E-state index contributed by atoms with van der Waals surface area (Å²) in [6.07, 6.45) is 0. The number of fused-ring (bicyclic) bond motifs is 5. The van der Waals surface area contributed by atoms with E-state index >= 15 is 0 Å². The lowest BCUT2D eigenvalue weighted by atomic mass is 9.93. The van der Waals surface area contributed by atoms with Crippen LogP contribution in [-0.4, -0.2) is 9.97 Å². The van der Waals surface area contributed by atoms with Gasteiger partial charge in [0.25, 0.3) is 0 Å². The second kappa shape index (κ2) is 11.9. The Morgan fingerprint density at radius 3 is 1.57 bits per heavy atom. The molecule has 51 heavy (non-hydrogen) atoms. The Balaban J connectivity index is 1.26. The fraction of sp³-hybridized carbons (Fsp3) is 0. The van der Waals surface area contributed by atoms with Crippen LogP contribution in [0.25, 0.3) is 99.6 Å². The highest BCUT2D eigenvalue weighted by atomic mass is 16.3. The molecule has 0 atom stereocenters. The third-order valence-corrected chi connectivity index (χ3v) is 9.85. The van der Waals surface area contributed by atoms with Crippen LogP contribution in [-0.2, 0) is 0 Å². The molecule has 0 bridgehead atoms. The first-order valence-electron chi connectivity index (χ1n) is 17.2. The summed E-state index contributed by atoms with van der Waals surface area (Å²) in [6.45, 7) is 0. The van der Waals surface area contributed by atoms with Crippen LogP contribution in [0.3, 0.4) is 0 Å². The van der Waals surface area contributed by atoms with Crippen molar-refractivity contribution >= 4 is 43.5 Å². The summed E-state index contributed by atoms with van der Waals surface area (Å²) in [4.78, 5) is 10.4. The molecule has 10 aromatic rings. The zero-order valence-corrected chi connectivity index (χ0v) is 27.6. The SMILES string of the molecule is c1ccc(-c2cc(-c3ccccc3)nc(-c3cccc4oc5c(-c6ccc7ccccc7c6)cc(-c6ccc7ccccc7c6)cc5c34)n2)cc1. The van der Waals surface area contributed by atoms with Crippen molar-refractivity contribution < 1.29 is 4.42 Å². The van der Waals surface area contributed by atoms with Crippen molar-refractivity contribution in [3.05, 3.63) is 182 Å². The van der Waals surface area contributed by atoms with Gasteiger partial charge in [0.05, 0.1) is 11.4 Å². The van der Waals surface area contributed by atoms with E-state index in [9.17, 15) is 0 Å². The van der Waals surface area contributed by atoms with Crippen molar-refractivity contribution in [2.75, 3.05) is 0 Å². The molecule has 0 aliphatic heterocycles. The van der Waals surface area contributed by atoms with Crippen LogP contribution in [0, 0.1) is 0 Å². The first kappa shape index (κ1) is 29.1. The molecule has 0 aliphatic carbocycles. The van der Waals surface area contributed by atoms with Gasteiger partial charge in [-0.15, -0.1) is 0 Å². The van der Waals surface area contributed by atoms with Crippen molar-refractivity contribution in [3.63, 3.8) is 0 Å². The summed E-state index contributed by atoms with van der Waals surface area (Å²) < 4.78 is 6.85. The van der Waals surface area contributed by atoms with Gasteiger partial charge in [0, 0.05) is 33.0 Å². The van der Waals surface area contributed by atoms with Crippen molar-refractivity contribution in [2.45, 2.75) is 0 Å². The Labute approximate surface area is 295 Å². The molecule has 10 rings (SSSR count). The minimum atomic E-state index is 0.659. The average Bonchev–Trinajstić information content (AvgIpc) is 3.59. The summed E-state index contributed by atoms with van der Waals surface area (Å²) in [6, 6.07) is 63.9. The van der Waals surface area contributed by atoms with Gasteiger partial charge in [0.15, 0.2) is 5.82 Å². The van der Waals surface area contributed by atoms with Crippen LogP contribution in [0.1, 0.15) is 0 Å². The van der Waals surface area contributed by atoms with Crippen LogP contribution in [0.4, 0.5) is 0 Å². The van der Waals surface area contributed by atoms with E-state index in [2.05, 4.69) is 140 Å². The van der Waals surface area contributed by atoms with Gasteiger partial charge in [-0.1, -0.05) is 146 Å². The molecule has 0 radical (unpaired) electrons. The van der Waals surface area contributed by atoms with Gasteiger partial charge < -0.3 is 4.42 Å². The molecule has 0 saturated heterocycles. The van der Waals surface area contributed by atoms with E-state index in [1.54, 1.807) is 0 Å². The molecule has 3 heteroatoms. The molecule has 8 aromatic carbocycles. The Morgan fingerprint density at radius 2 is 0.922 bits per heavy atom. The molecular formula is C48H30N2O. The lowest BCUT2D eigenvalue weighted by molar-refractivity contribution is 0.670. The number of hydrogen-bond donors (Lipinski definition) is 0. The smallest absolute Gasteiger partial charge is 0.161 e. The molecule has 0 aliphatic rings. The van der Waals surface area contributed by atoms with E-state index in [1.165, 1.54) is 21.5 Å². The molecule has 0 unspecified atom stereocenters. The predicted molar refractivity (Wildman–Crippen MR) is 212 cm³/mol. The van der Waals surface area contributed by atoms with E-state index in [4.69, 9.17) is 14.4 Å². The molecule has 3 nitrogen and oxygen atoms in total. The number of hydrogen-bond acceptors (Lipinski definition) is 3. The molecule has 0 N–H and O–H groups in total. The van der Waals surface area contributed by atoms with Crippen LogP contribution in [0.15, 0.2) is 186 Å². The minimum absolute atomic E-state index is 0.659. The molecule has 0 amide bonds. The summed E-state index contributed by atoms with van der Waals surface area (Å²) in [5.74, 6) is 0.659. The van der Waals surface area contributed by atoms with Gasteiger partial charge in [-0.3, -0.25) is 0 Å². The van der Waals surface area contributed by atoms with Crippen LogP contribution in [0.2, 0.25) is 0 Å². The Hall–Kier alpha value is -6.84. The summed E-state index contributed by atoms with van der Waals surface area (Å²) in [5.41, 5.74) is 10.8. The van der Waals surface area contributed by atoms with Crippen LogP contribution in [0.5, 0.6) is 0 Å². The first-order chi connectivity index (χ1) is 25.2. The standard InChI is InChI=1S/C48H30N2O/c1-3-14-33(15-4-1)43-30-44(34-16-5-2-6-17-34)50-48(49-43)40-20-11-21-45-46(40)42-29-39(37-24-22-31-12-7-9-18-35(31)26-37)28-41(47(42)51-45)38-25-23-32-13-8-10-19-36(32)27-38/h1-30H. The van der Waals surface area contributed by atoms with Crippen molar-refractivity contribution in [1.29, 1.82) is 0 Å². The highest BCUT2D eigenvalue weighted by Gasteiger charge is 2.21. The van der Waals surface area contributed by atoms with Gasteiger partial charge in [-0.05, 0) is 74.6 Å². The number of rotatable bonds is 5. The van der Waals surface area contributed by atoms with Crippen molar-refractivity contribution in [2.24, 2.45) is 0 Å². The van der Waals surface area contributed by atoms with Crippen molar-refractivity contribution in [3.8, 4) is 56.2 Å². The molecule has 2 aromatic heterocycles. The third kappa shape index (κ3) is 5.15. The highest BCUT2D eigenvalue weighted by Crippen LogP contribution is 2.43. The van der Waals surface area contributed by atoms with Crippen molar-refractivity contribution in [1.82, 2.24) is 9.97 Å². The van der Waals surface area contributed by atoms with Gasteiger partial charge in [0.1, 0.15) is 11.2 Å². The zero-order chi connectivity index (χ0) is 33.7. The van der Waals surface area contributed by atoms with E-state index < -0.39 is 0 Å². The van der Waals surface area contributed by atoms with E-state index in [0.717, 1.165) is 72.3 Å². The normalized spacial score (nSPS) is 11.5. The lowest BCUT2D eigenvalue weighted by Gasteiger charge is -2.11. The molecule has 0 fully saturated rings.